The van der Waals surface area contributed by atoms with E-state index >= 15 is 0 Å². The molecule has 1 aliphatic rings. The summed E-state index contributed by atoms with van der Waals surface area (Å²) in [6.45, 7) is 3.38. The Hall–Kier alpha value is -0.480. The molecule has 0 unspecified atom stereocenters. The van der Waals surface area contributed by atoms with E-state index in [0.717, 1.165) is 12.5 Å². The molecule has 0 aromatic carbocycles. The normalized spacial score (nSPS) is 37.0. The summed E-state index contributed by atoms with van der Waals surface area (Å²) in [5, 5.41) is 3.21. The number of rotatable bonds is 2. The first-order valence-electron chi connectivity index (χ1n) is 4.40. The maximum atomic E-state index is 5.44. The lowest BCUT2D eigenvalue weighted by atomic mass is 9.91. The van der Waals surface area contributed by atoms with Crippen LogP contribution in [0.5, 0.6) is 0 Å². The summed E-state index contributed by atoms with van der Waals surface area (Å²) in [6.07, 6.45) is 7.97. The minimum atomic E-state index is 0.525. The molecule has 0 aromatic rings. The molecule has 1 N–H and O–H groups in total. The molecule has 0 bridgehead atoms. The van der Waals surface area contributed by atoms with E-state index in [-0.39, 0.29) is 0 Å². The Morgan fingerprint density at radius 2 is 2.27 bits per heavy atom. The summed E-state index contributed by atoms with van der Waals surface area (Å²) in [5.74, 6) is 4.94. The van der Waals surface area contributed by atoms with E-state index in [4.69, 9.17) is 6.42 Å². The predicted octanol–water partition coefficient (Wildman–Crippen LogP) is 1.50. The van der Waals surface area contributed by atoms with Crippen LogP contribution in [0.2, 0.25) is 0 Å². The quantitative estimate of drug-likeness (QED) is 0.590. The van der Waals surface area contributed by atoms with Crippen molar-refractivity contribution in [2.75, 3.05) is 13.6 Å². The SMILES string of the molecule is C#C[C@H]1CC[C@H](C)[C@H]1CNC. The van der Waals surface area contributed by atoms with Gasteiger partial charge >= 0.3 is 0 Å². The molecule has 0 aliphatic heterocycles. The van der Waals surface area contributed by atoms with Crippen LogP contribution in [0.1, 0.15) is 19.8 Å². The fraction of sp³-hybridized carbons (Fsp3) is 0.800. The van der Waals surface area contributed by atoms with Crippen molar-refractivity contribution in [1.29, 1.82) is 0 Å². The zero-order valence-corrected chi connectivity index (χ0v) is 7.43. The molecule has 62 valence electrons. The van der Waals surface area contributed by atoms with Gasteiger partial charge in [0.2, 0.25) is 0 Å². The Morgan fingerprint density at radius 3 is 2.82 bits per heavy atom. The van der Waals surface area contributed by atoms with E-state index in [1.807, 2.05) is 7.05 Å². The summed E-state index contributed by atoms with van der Waals surface area (Å²) in [7, 11) is 2.00. The minimum Gasteiger partial charge on any atom is -0.319 e. The van der Waals surface area contributed by atoms with Crippen molar-refractivity contribution in [2.45, 2.75) is 19.8 Å². The van der Waals surface area contributed by atoms with E-state index in [9.17, 15) is 0 Å². The number of hydrogen-bond donors (Lipinski definition) is 1. The first-order chi connectivity index (χ1) is 5.29. The minimum absolute atomic E-state index is 0.525. The van der Waals surface area contributed by atoms with Crippen LogP contribution in [-0.2, 0) is 0 Å². The molecule has 1 saturated carbocycles. The molecule has 1 fully saturated rings. The Kier molecular flexibility index (Phi) is 2.96. The molecule has 1 aliphatic carbocycles. The van der Waals surface area contributed by atoms with Crippen molar-refractivity contribution in [3.8, 4) is 12.3 Å². The number of nitrogens with one attached hydrogen (secondary N) is 1. The fourth-order valence-electron chi connectivity index (χ4n) is 2.05. The molecule has 0 spiro atoms. The topological polar surface area (TPSA) is 12.0 Å². The summed E-state index contributed by atoms with van der Waals surface area (Å²) in [5.41, 5.74) is 0. The molecule has 1 heteroatoms. The van der Waals surface area contributed by atoms with Crippen LogP contribution >= 0.6 is 0 Å². The highest BCUT2D eigenvalue weighted by Gasteiger charge is 2.31. The van der Waals surface area contributed by atoms with Crippen LogP contribution in [0.25, 0.3) is 0 Å². The van der Waals surface area contributed by atoms with E-state index in [0.29, 0.717) is 11.8 Å². The van der Waals surface area contributed by atoms with Gasteiger partial charge in [0, 0.05) is 5.92 Å². The van der Waals surface area contributed by atoms with Gasteiger partial charge in [0.15, 0.2) is 0 Å². The van der Waals surface area contributed by atoms with Gasteiger partial charge < -0.3 is 5.32 Å². The van der Waals surface area contributed by atoms with Crippen LogP contribution < -0.4 is 5.32 Å². The third-order valence-corrected chi connectivity index (χ3v) is 2.83. The molecule has 0 aromatic heterocycles. The van der Waals surface area contributed by atoms with Gasteiger partial charge in [-0.05, 0) is 38.3 Å². The number of terminal acetylenes is 1. The lowest BCUT2D eigenvalue weighted by molar-refractivity contribution is 0.365. The smallest absolute Gasteiger partial charge is 0.0243 e. The highest BCUT2D eigenvalue weighted by atomic mass is 14.8. The Morgan fingerprint density at radius 1 is 1.55 bits per heavy atom. The summed E-state index contributed by atoms with van der Waals surface area (Å²) >= 11 is 0. The third-order valence-electron chi connectivity index (χ3n) is 2.83. The first kappa shape index (κ1) is 8.62. The van der Waals surface area contributed by atoms with Crippen LogP contribution in [0, 0.1) is 30.1 Å². The van der Waals surface area contributed by atoms with Crippen molar-refractivity contribution < 1.29 is 0 Å². The lowest BCUT2D eigenvalue weighted by Crippen LogP contribution is -2.25. The van der Waals surface area contributed by atoms with Crippen molar-refractivity contribution in [3.05, 3.63) is 0 Å². The molecule has 11 heavy (non-hydrogen) atoms. The second kappa shape index (κ2) is 3.78. The Balaban J connectivity index is 2.50. The molecule has 0 amide bonds. The molecular formula is C10H17N. The zero-order valence-electron chi connectivity index (χ0n) is 7.43. The summed E-state index contributed by atoms with van der Waals surface area (Å²) in [6, 6.07) is 0. The summed E-state index contributed by atoms with van der Waals surface area (Å²) < 4.78 is 0. The second-order valence-electron chi connectivity index (χ2n) is 3.55. The van der Waals surface area contributed by atoms with Gasteiger partial charge in [0.25, 0.3) is 0 Å². The standard InChI is InChI=1S/C10H17N/c1-4-9-6-5-8(2)10(9)7-11-3/h1,8-11H,5-7H2,2-3H3/t8-,9-,10+/m0/s1. The molecule has 1 rings (SSSR count). The van der Waals surface area contributed by atoms with Gasteiger partial charge in [-0.1, -0.05) is 6.92 Å². The fourth-order valence-corrected chi connectivity index (χ4v) is 2.05. The van der Waals surface area contributed by atoms with Gasteiger partial charge in [-0.25, -0.2) is 0 Å². The van der Waals surface area contributed by atoms with E-state index in [1.54, 1.807) is 0 Å². The molecule has 1 nitrogen and oxygen atoms in total. The molecule has 0 radical (unpaired) electrons. The predicted molar refractivity (Wildman–Crippen MR) is 48.1 cm³/mol. The molecule has 0 heterocycles. The lowest BCUT2D eigenvalue weighted by Gasteiger charge is -2.18. The Labute approximate surface area is 69.6 Å². The second-order valence-corrected chi connectivity index (χ2v) is 3.55. The largest absolute Gasteiger partial charge is 0.319 e. The van der Waals surface area contributed by atoms with Crippen molar-refractivity contribution >= 4 is 0 Å². The van der Waals surface area contributed by atoms with Crippen LogP contribution in [0.4, 0.5) is 0 Å². The zero-order chi connectivity index (χ0) is 8.27. The maximum absolute atomic E-state index is 5.44. The number of hydrogen-bond acceptors (Lipinski definition) is 1. The molecular weight excluding hydrogens is 134 g/mol. The van der Waals surface area contributed by atoms with Gasteiger partial charge in [0.1, 0.15) is 0 Å². The average Bonchev–Trinajstić information content (AvgIpc) is 2.34. The van der Waals surface area contributed by atoms with Crippen LogP contribution in [0.15, 0.2) is 0 Å². The van der Waals surface area contributed by atoms with Crippen LogP contribution in [-0.4, -0.2) is 13.6 Å². The van der Waals surface area contributed by atoms with Crippen molar-refractivity contribution in [3.63, 3.8) is 0 Å². The summed E-state index contributed by atoms with van der Waals surface area (Å²) in [4.78, 5) is 0. The maximum Gasteiger partial charge on any atom is 0.0243 e. The van der Waals surface area contributed by atoms with Gasteiger partial charge in [-0.15, -0.1) is 12.3 Å². The third kappa shape index (κ3) is 1.75. The van der Waals surface area contributed by atoms with E-state index in [2.05, 4.69) is 18.2 Å². The van der Waals surface area contributed by atoms with Gasteiger partial charge in [-0.2, -0.15) is 0 Å². The molecule has 3 atom stereocenters. The van der Waals surface area contributed by atoms with E-state index in [1.165, 1.54) is 12.8 Å². The molecule has 0 saturated heterocycles. The van der Waals surface area contributed by atoms with Crippen molar-refractivity contribution in [2.24, 2.45) is 17.8 Å². The van der Waals surface area contributed by atoms with Crippen molar-refractivity contribution in [1.82, 2.24) is 5.32 Å². The van der Waals surface area contributed by atoms with E-state index < -0.39 is 0 Å². The van der Waals surface area contributed by atoms with Crippen LogP contribution in [0.3, 0.4) is 0 Å². The Bertz CT molecular complexity index is 157. The monoisotopic (exact) mass is 151 g/mol. The van der Waals surface area contributed by atoms with Gasteiger partial charge in [-0.3, -0.25) is 0 Å². The highest BCUT2D eigenvalue weighted by Crippen LogP contribution is 2.35. The highest BCUT2D eigenvalue weighted by molar-refractivity contribution is 5.01. The van der Waals surface area contributed by atoms with Gasteiger partial charge in [0.05, 0.1) is 0 Å². The average molecular weight is 151 g/mol. The first-order valence-corrected chi connectivity index (χ1v) is 4.40.